The van der Waals surface area contributed by atoms with Gasteiger partial charge in [0.2, 0.25) is 0 Å². The van der Waals surface area contributed by atoms with Crippen molar-refractivity contribution in [2.75, 3.05) is 0 Å². The topological polar surface area (TPSA) is 4.93 Å². The molecule has 1 heterocycles. The van der Waals surface area contributed by atoms with Gasteiger partial charge in [0.25, 0.3) is 0 Å². The van der Waals surface area contributed by atoms with Crippen molar-refractivity contribution >= 4 is 10.9 Å². The molecule has 0 fully saturated rings. The Morgan fingerprint density at radius 1 is 0.900 bits per heavy atom. The highest BCUT2D eigenvalue weighted by Crippen LogP contribution is 2.21. The molecule has 0 atom stereocenters. The number of hydrogen-bond acceptors (Lipinski definition) is 0. The molecule has 0 saturated carbocycles. The van der Waals surface area contributed by atoms with Crippen molar-refractivity contribution in [3.8, 4) is 0 Å². The lowest BCUT2D eigenvalue weighted by Crippen LogP contribution is -1.97. The number of fused-ring (bicyclic) bond motifs is 1. The van der Waals surface area contributed by atoms with E-state index in [2.05, 4.69) is 73.1 Å². The number of aryl methyl sites for hydroxylation is 4. The maximum Gasteiger partial charge on any atom is 0.0482 e. The van der Waals surface area contributed by atoms with Crippen LogP contribution in [-0.2, 0) is 19.9 Å². The van der Waals surface area contributed by atoms with Crippen LogP contribution in [0.25, 0.3) is 10.9 Å². The number of nitrogens with zero attached hydrogens (tertiary/aromatic N) is 1. The quantitative estimate of drug-likeness (QED) is 0.645. The molecular formula is C19H21N. The van der Waals surface area contributed by atoms with Gasteiger partial charge in [0, 0.05) is 18.3 Å². The molecule has 0 amide bonds. The van der Waals surface area contributed by atoms with Crippen LogP contribution in [0.3, 0.4) is 0 Å². The highest BCUT2D eigenvalue weighted by atomic mass is 14.9. The molecule has 0 aliphatic heterocycles. The zero-order valence-corrected chi connectivity index (χ0v) is 12.3. The summed E-state index contributed by atoms with van der Waals surface area (Å²) in [6, 6.07) is 19.8. The van der Waals surface area contributed by atoms with Gasteiger partial charge in [-0.2, -0.15) is 0 Å². The summed E-state index contributed by atoms with van der Waals surface area (Å²) in [5, 5.41) is 1.35. The minimum absolute atomic E-state index is 1.14. The first-order valence-corrected chi connectivity index (χ1v) is 7.33. The summed E-state index contributed by atoms with van der Waals surface area (Å²) in [5.41, 5.74) is 5.54. The van der Waals surface area contributed by atoms with Crippen molar-refractivity contribution < 1.29 is 0 Å². The van der Waals surface area contributed by atoms with Crippen LogP contribution in [0.5, 0.6) is 0 Å². The molecule has 0 aliphatic rings. The second-order valence-corrected chi connectivity index (χ2v) is 5.60. The summed E-state index contributed by atoms with van der Waals surface area (Å²) in [6.07, 6.45) is 3.49. The molecule has 0 unspecified atom stereocenters. The average molecular weight is 263 g/mol. The van der Waals surface area contributed by atoms with E-state index >= 15 is 0 Å². The van der Waals surface area contributed by atoms with E-state index in [1.165, 1.54) is 34.1 Å². The van der Waals surface area contributed by atoms with Gasteiger partial charge in [0.1, 0.15) is 0 Å². The fourth-order valence-electron chi connectivity index (χ4n) is 2.86. The maximum absolute atomic E-state index is 2.34. The number of rotatable bonds is 4. The number of benzene rings is 2. The van der Waals surface area contributed by atoms with Crippen molar-refractivity contribution in [2.45, 2.75) is 26.2 Å². The van der Waals surface area contributed by atoms with Crippen LogP contribution in [0.15, 0.2) is 54.6 Å². The highest BCUT2D eigenvalue weighted by molar-refractivity contribution is 5.81. The van der Waals surface area contributed by atoms with Gasteiger partial charge in [-0.25, -0.2) is 0 Å². The maximum atomic E-state index is 2.34. The largest absolute Gasteiger partial charge is 0.348 e. The zero-order chi connectivity index (χ0) is 13.9. The first-order chi connectivity index (χ1) is 9.74. The third kappa shape index (κ3) is 2.62. The van der Waals surface area contributed by atoms with E-state index < -0.39 is 0 Å². The van der Waals surface area contributed by atoms with Gasteiger partial charge in [-0.3, -0.25) is 0 Å². The Bertz CT molecular complexity index is 707. The molecule has 102 valence electrons. The van der Waals surface area contributed by atoms with Crippen molar-refractivity contribution in [2.24, 2.45) is 7.05 Å². The van der Waals surface area contributed by atoms with Crippen LogP contribution in [0, 0.1) is 6.92 Å². The van der Waals surface area contributed by atoms with Gasteiger partial charge in [-0.15, -0.1) is 0 Å². The Kier molecular flexibility index (Phi) is 3.60. The lowest BCUT2D eigenvalue weighted by molar-refractivity contribution is 0.757. The minimum atomic E-state index is 1.14. The van der Waals surface area contributed by atoms with Gasteiger partial charge in [-0.1, -0.05) is 42.5 Å². The van der Waals surface area contributed by atoms with Crippen LogP contribution < -0.4 is 0 Å². The molecule has 1 heteroatoms. The molecule has 0 N–H and O–H groups in total. The van der Waals surface area contributed by atoms with E-state index in [0.717, 1.165) is 12.8 Å². The predicted molar refractivity (Wildman–Crippen MR) is 86.1 cm³/mol. The SMILES string of the molecule is Cc1ccc2cc(CCCc3ccccc3)n(C)c2c1. The van der Waals surface area contributed by atoms with E-state index in [-0.39, 0.29) is 0 Å². The van der Waals surface area contributed by atoms with Crippen LogP contribution in [0.2, 0.25) is 0 Å². The Balaban J connectivity index is 1.73. The smallest absolute Gasteiger partial charge is 0.0482 e. The third-order valence-corrected chi connectivity index (χ3v) is 4.04. The van der Waals surface area contributed by atoms with Crippen molar-refractivity contribution in [1.29, 1.82) is 0 Å². The normalized spacial score (nSPS) is 11.1. The van der Waals surface area contributed by atoms with E-state index in [9.17, 15) is 0 Å². The van der Waals surface area contributed by atoms with Crippen LogP contribution >= 0.6 is 0 Å². The van der Waals surface area contributed by atoms with Crippen molar-refractivity contribution in [3.63, 3.8) is 0 Å². The molecule has 0 radical (unpaired) electrons. The van der Waals surface area contributed by atoms with Crippen molar-refractivity contribution in [1.82, 2.24) is 4.57 Å². The fraction of sp³-hybridized carbons (Fsp3) is 0.263. The Hall–Kier alpha value is -2.02. The number of hydrogen-bond donors (Lipinski definition) is 0. The lowest BCUT2D eigenvalue weighted by atomic mass is 10.1. The van der Waals surface area contributed by atoms with E-state index in [1.54, 1.807) is 0 Å². The van der Waals surface area contributed by atoms with Gasteiger partial charge < -0.3 is 4.57 Å². The lowest BCUT2D eigenvalue weighted by Gasteiger charge is -2.05. The molecule has 2 aromatic carbocycles. The second-order valence-electron chi connectivity index (χ2n) is 5.60. The van der Waals surface area contributed by atoms with Crippen LogP contribution in [-0.4, -0.2) is 4.57 Å². The summed E-state index contributed by atoms with van der Waals surface area (Å²) >= 11 is 0. The Morgan fingerprint density at radius 2 is 1.70 bits per heavy atom. The molecule has 0 saturated heterocycles. The highest BCUT2D eigenvalue weighted by Gasteiger charge is 2.05. The summed E-state index contributed by atoms with van der Waals surface area (Å²) in [4.78, 5) is 0. The Morgan fingerprint density at radius 3 is 2.50 bits per heavy atom. The van der Waals surface area contributed by atoms with Crippen molar-refractivity contribution in [3.05, 3.63) is 71.4 Å². The average Bonchev–Trinajstić information content (AvgIpc) is 2.77. The number of aromatic nitrogens is 1. The summed E-state index contributed by atoms with van der Waals surface area (Å²) < 4.78 is 2.34. The molecule has 20 heavy (non-hydrogen) atoms. The summed E-state index contributed by atoms with van der Waals surface area (Å²) in [5.74, 6) is 0. The molecule has 0 bridgehead atoms. The molecule has 3 aromatic rings. The first kappa shape index (κ1) is 13.0. The van der Waals surface area contributed by atoms with Crippen LogP contribution in [0.1, 0.15) is 23.2 Å². The minimum Gasteiger partial charge on any atom is -0.348 e. The van der Waals surface area contributed by atoms with Crippen LogP contribution in [0.4, 0.5) is 0 Å². The predicted octanol–water partition coefficient (Wildman–Crippen LogP) is 4.66. The van der Waals surface area contributed by atoms with Gasteiger partial charge in [0.05, 0.1) is 0 Å². The van der Waals surface area contributed by atoms with Gasteiger partial charge in [0.15, 0.2) is 0 Å². The van der Waals surface area contributed by atoms with Gasteiger partial charge in [-0.05, 0) is 54.8 Å². The zero-order valence-electron chi connectivity index (χ0n) is 12.3. The molecule has 1 aromatic heterocycles. The molecular weight excluding hydrogens is 242 g/mol. The molecule has 3 rings (SSSR count). The fourth-order valence-corrected chi connectivity index (χ4v) is 2.86. The van der Waals surface area contributed by atoms with E-state index in [4.69, 9.17) is 0 Å². The van der Waals surface area contributed by atoms with E-state index in [1.807, 2.05) is 0 Å². The standard InChI is InChI=1S/C19H21N/c1-15-11-12-17-14-18(20(2)19(17)13-15)10-6-9-16-7-4-3-5-8-16/h3-5,7-8,11-14H,6,9-10H2,1-2H3. The Labute approximate surface area is 120 Å². The molecule has 1 nitrogen and oxygen atoms in total. The van der Waals surface area contributed by atoms with E-state index in [0.29, 0.717) is 0 Å². The first-order valence-electron chi connectivity index (χ1n) is 7.33. The molecule has 0 spiro atoms. The summed E-state index contributed by atoms with van der Waals surface area (Å²) in [7, 11) is 2.18. The summed E-state index contributed by atoms with van der Waals surface area (Å²) in [6.45, 7) is 2.15. The molecule has 0 aliphatic carbocycles. The monoisotopic (exact) mass is 263 g/mol. The second kappa shape index (κ2) is 5.54. The third-order valence-electron chi connectivity index (χ3n) is 4.04. The van der Waals surface area contributed by atoms with Gasteiger partial charge >= 0.3 is 0 Å².